The van der Waals surface area contributed by atoms with Crippen molar-refractivity contribution in [1.82, 2.24) is 4.31 Å². The molecule has 6 nitrogen and oxygen atoms in total. The molecular formula is C20H26N2O4S. The molecule has 0 radical (unpaired) electrons. The lowest BCUT2D eigenvalue weighted by molar-refractivity contribution is -0.118. The van der Waals surface area contributed by atoms with Crippen LogP contribution in [0.5, 0.6) is 5.75 Å². The van der Waals surface area contributed by atoms with Gasteiger partial charge in [-0.2, -0.15) is 0 Å². The highest BCUT2D eigenvalue weighted by atomic mass is 32.2. The zero-order valence-electron chi connectivity index (χ0n) is 16.4. The first-order chi connectivity index (χ1) is 12.6. The molecular weight excluding hydrogens is 364 g/mol. The largest absolute Gasteiger partial charge is 0.484 e. The molecule has 1 N–H and O–H groups in total. The van der Waals surface area contributed by atoms with Crippen LogP contribution in [0.2, 0.25) is 0 Å². The minimum atomic E-state index is -3.59. The maximum Gasteiger partial charge on any atom is 0.262 e. The Labute approximate surface area is 161 Å². The molecule has 0 spiro atoms. The van der Waals surface area contributed by atoms with Crippen LogP contribution >= 0.6 is 0 Å². The fourth-order valence-corrected chi connectivity index (χ4v) is 3.49. The third-order valence-corrected chi connectivity index (χ3v) is 6.19. The van der Waals surface area contributed by atoms with E-state index in [0.29, 0.717) is 11.4 Å². The molecule has 0 aliphatic rings. The summed E-state index contributed by atoms with van der Waals surface area (Å²) in [5.41, 5.74) is 3.25. The van der Waals surface area contributed by atoms with Gasteiger partial charge in [-0.15, -0.1) is 0 Å². The fourth-order valence-electron chi connectivity index (χ4n) is 2.47. The van der Waals surface area contributed by atoms with Gasteiger partial charge in [0, 0.05) is 19.8 Å². The normalized spacial score (nSPS) is 11.5. The quantitative estimate of drug-likeness (QED) is 0.788. The standard InChI is InChI=1S/C20H26N2O4S/c1-6-16-7-9-17(10-8-16)26-13-20(23)21-19-12-18(11-14(2)15(19)3)27(24,25)22(4)5/h7-12H,6,13H2,1-5H3,(H,21,23). The Bertz CT molecular complexity index is 920. The van der Waals surface area contributed by atoms with Gasteiger partial charge in [-0.3, -0.25) is 4.79 Å². The van der Waals surface area contributed by atoms with Crippen LogP contribution in [0, 0.1) is 13.8 Å². The van der Waals surface area contributed by atoms with Gasteiger partial charge in [0.05, 0.1) is 4.90 Å². The molecule has 0 atom stereocenters. The van der Waals surface area contributed by atoms with Crippen molar-refractivity contribution in [3.8, 4) is 5.75 Å². The van der Waals surface area contributed by atoms with E-state index in [1.165, 1.54) is 25.7 Å². The Hall–Kier alpha value is -2.38. The summed E-state index contributed by atoms with van der Waals surface area (Å²) >= 11 is 0. The number of amides is 1. The molecule has 146 valence electrons. The average Bonchev–Trinajstić information content (AvgIpc) is 2.63. The van der Waals surface area contributed by atoms with E-state index in [2.05, 4.69) is 12.2 Å². The van der Waals surface area contributed by atoms with Gasteiger partial charge in [-0.05, 0) is 61.2 Å². The van der Waals surface area contributed by atoms with E-state index in [1.54, 1.807) is 6.07 Å². The smallest absolute Gasteiger partial charge is 0.262 e. The first-order valence-corrected chi connectivity index (χ1v) is 10.1. The van der Waals surface area contributed by atoms with Crippen LogP contribution in [0.15, 0.2) is 41.3 Å². The van der Waals surface area contributed by atoms with Crippen LogP contribution < -0.4 is 10.1 Å². The number of nitrogens with one attached hydrogen (secondary N) is 1. The molecule has 0 aliphatic carbocycles. The topological polar surface area (TPSA) is 75.7 Å². The van der Waals surface area contributed by atoms with Crippen LogP contribution in [-0.2, 0) is 21.2 Å². The second-order valence-electron chi connectivity index (χ2n) is 6.53. The number of sulfonamides is 1. The summed E-state index contributed by atoms with van der Waals surface area (Å²) in [6, 6.07) is 10.6. The lowest BCUT2D eigenvalue weighted by atomic mass is 10.1. The maximum atomic E-state index is 12.4. The van der Waals surface area contributed by atoms with Gasteiger partial charge in [0.25, 0.3) is 5.91 Å². The first kappa shape index (κ1) is 20.9. The molecule has 1 amide bonds. The number of nitrogens with zero attached hydrogens (tertiary/aromatic N) is 1. The van der Waals surface area contributed by atoms with Gasteiger partial charge >= 0.3 is 0 Å². The molecule has 0 saturated heterocycles. The lowest BCUT2D eigenvalue weighted by Crippen LogP contribution is -2.24. The number of rotatable bonds is 7. The number of carbonyl (C=O) groups excluding carboxylic acids is 1. The highest BCUT2D eigenvalue weighted by molar-refractivity contribution is 7.89. The average molecular weight is 391 g/mol. The van der Waals surface area contributed by atoms with Gasteiger partial charge < -0.3 is 10.1 Å². The van der Waals surface area contributed by atoms with Crippen LogP contribution in [0.1, 0.15) is 23.6 Å². The van der Waals surface area contributed by atoms with Gasteiger partial charge in [0.2, 0.25) is 10.0 Å². The van der Waals surface area contributed by atoms with Crippen molar-refractivity contribution in [2.45, 2.75) is 32.1 Å². The molecule has 7 heteroatoms. The van der Waals surface area contributed by atoms with E-state index < -0.39 is 10.0 Å². The summed E-state index contributed by atoms with van der Waals surface area (Å²) in [5.74, 6) is 0.260. The summed E-state index contributed by atoms with van der Waals surface area (Å²) in [6.07, 6.45) is 0.936. The van der Waals surface area contributed by atoms with Gasteiger partial charge in [-0.1, -0.05) is 19.1 Å². The van der Waals surface area contributed by atoms with E-state index in [0.717, 1.165) is 21.9 Å². The molecule has 2 rings (SSSR count). The molecule has 0 aromatic heterocycles. The third-order valence-electron chi connectivity index (χ3n) is 4.40. The Morgan fingerprint density at radius 2 is 1.74 bits per heavy atom. The molecule has 0 aliphatic heterocycles. The van der Waals surface area contributed by atoms with Crippen molar-refractivity contribution in [3.05, 3.63) is 53.1 Å². The number of benzene rings is 2. The Morgan fingerprint density at radius 3 is 2.30 bits per heavy atom. The van der Waals surface area contributed by atoms with Crippen molar-refractivity contribution in [1.29, 1.82) is 0 Å². The van der Waals surface area contributed by atoms with Crippen molar-refractivity contribution in [2.75, 3.05) is 26.0 Å². The predicted octanol–water partition coefficient (Wildman–Crippen LogP) is 3.13. The number of hydrogen-bond acceptors (Lipinski definition) is 4. The number of hydrogen-bond donors (Lipinski definition) is 1. The zero-order chi connectivity index (χ0) is 20.2. The third kappa shape index (κ3) is 5.08. The monoisotopic (exact) mass is 390 g/mol. The fraction of sp³-hybridized carbons (Fsp3) is 0.350. The minimum Gasteiger partial charge on any atom is -0.484 e. The molecule has 0 heterocycles. The van der Waals surface area contributed by atoms with E-state index in [1.807, 2.05) is 38.1 Å². The Kier molecular flexibility index (Phi) is 6.62. The zero-order valence-corrected chi connectivity index (χ0v) is 17.2. The van der Waals surface area contributed by atoms with Crippen LogP contribution in [0.25, 0.3) is 0 Å². The second-order valence-corrected chi connectivity index (χ2v) is 8.69. The summed E-state index contributed by atoms with van der Waals surface area (Å²) < 4.78 is 31.4. The maximum absolute atomic E-state index is 12.4. The number of carbonyl (C=O) groups is 1. The molecule has 27 heavy (non-hydrogen) atoms. The van der Waals surface area contributed by atoms with E-state index in [-0.39, 0.29) is 17.4 Å². The van der Waals surface area contributed by atoms with Gasteiger partial charge in [0.1, 0.15) is 5.75 Å². The minimum absolute atomic E-state index is 0.141. The SMILES string of the molecule is CCc1ccc(OCC(=O)Nc2cc(S(=O)(=O)N(C)C)cc(C)c2C)cc1. The van der Waals surface area contributed by atoms with Crippen molar-refractivity contribution >= 4 is 21.6 Å². The molecule has 0 unspecified atom stereocenters. The summed E-state index contributed by atoms with van der Waals surface area (Å²) in [4.78, 5) is 12.4. The molecule has 0 saturated carbocycles. The van der Waals surface area contributed by atoms with Crippen LogP contribution in [-0.4, -0.2) is 39.3 Å². The number of anilines is 1. The van der Waals surface area contributed by atoms with Crippen LogP contribution in [0.4, 0.5) is 5.69 Å². The van der Waals surface area contributed by atoms with Gasteiger partial charge in [0.15, 0.2) is 6.61 Å². The highest BCUT2D eigenvalue weighted by Crippen LogP contribution is 2.25. The molecule has 2 aromatic carbocycles. The lowest BCUT2D eigenvalue weighted by Gasteiger charge is -2.16. The number of aryl methyl sites for hydroxylation is 2. The van der Waals surface area contributed by atoms with E-state index in [4.69, 9.17) is 4.74 Å². The molecule has 0 fully saturated rings. The summed E-state index contributed by atoms with van der Waals surface area (Å²) in [5, 5.41) is 2.75. The van der Waals surface area contributed by atoms with Crippen molar-refractivity contribution < 1.29 is 17.9 Å². The highest BCUT2D eigenvalue weighted by Gasteiger charge is 2.20. The number of ether oxygens (including phenoxy) is 1. The Morgan fingerprint density at radius 1 is 1.11 bits per heavy atom. The van der Waals surface area contributed by atoms with Crippen LogP contribution in [0.3, 0.4) is 0 Å². The Balaban J connectivity index is 2.13. The first-order valence-electron chi connectivity index (χ1n) is 8.70. The van der Waals surface area contributed by atoms with Crippen molar-refractivity contribution in [3.63, 3.8) is 0 Å². The predicted molar refractivity (Wildman–Crippen MR) is 107 cm³/mol. The molecule has 0 bridgehead atoms. The van der Waals surface area contributed by atoms with Gasteiger partial charge in [-0.25, -0.2) is 12.7 Å². The molecule has 2 aromatic rings. The second kappa shape index (κ2) is 8.54. The van der Waals surface area contributed by atoms with Crippen molar-refractivity contribution in [2.24, 2.45) is 0 Å². The summed E-state index contributed by atoms with van der Waals surface area (Å²) in [7, 11) is -0.640. The summed E-state index contributed by atoms with van der Waals surface area (Å²) in [6.45, 7) is 5.56. The van der Waals surface area contributed by atoms with E-state index >= 15 is 0 Å². The van der Waals surface area contributed by atoms with E-state index in [9.17, 15) is 13.2 Å².